The number of piperidine rings is 1. The molecule has 6 heteroatoms. The number of allylic oxidation sites excluding steroid dienone is 1. The van der Waals surface area contributed by atoms with Gasteiger partial charge in [-0.3, -0.25) is 9.69 Å². The van der Waals surface area contributed by atoms with Crippen molar-refractivity contribution >= 4 is 39.0 Å². The highest BCUT2D eigenvalue weighted by Gasteiger charge is 2.21. The maximum atomic E-state index is 12.5. The molecule has 0 amide bonds. The number of hydrogen-bond acceptors (Lipinski definition) is 4. The zero-order valence-corrected chi connectivity index (χ0v) is 19.3. The van der Waals surface area contributed by atoms with Gasteiger partial charge < -0.3 is 9.64 Å². The molecule has 0 aliphatic carbocycles. The van der Waals surface area contributed by atoms with E-state index in [4.69, 9.17) is 16.3 Å². The average Bonchev–Trinajstić information content (AvgIpc) is 3.14. The molecule has 1 saturated heterocycles. The SMILES string of the molecule is O=C(/C=C/N1CCc2cc(Br)c(OCCN3CCCCC3)cc21)c1ccccc1Cl. The maximum absolute atomic E-state index is 12.5. The fourth-order valence-corrected chi connectivity index (χ4v) is 4.79. The van der Waals surface area contributed by atoms with Crippen LogP contribution in [0.3, 0.4) is 0 Å². The Morgan fingerprint density at radius 3 is 2.73 bits per heavy atom. The first-order valence-electron chi connectivity index (χ1n) is 10.5. The number of nitrogens with zero attached hydrogens (tertiary/aromatic N) is 2. The Bertz CT molecular complexity index is 941. The number of rotatable bonds is 7. The molecule has 0 saturated carbocycles. The largest absolute Gasteiger partial charge is 0.491 e. The summed E-state index contributed by atoms with van der Waals surface area (Å²) in [5, 5.41) is 0.474. The van der Waals surface area contributed by atoms with Crippen LogP contribution in [0.5, 0.6) is 5.75 Å². The number of hydrogen-bond donors (Lipinski definition) is 0. The minimum atomic E-state index is -0.0934. The molecular formula is C24H26BrClN2O2. The standard InChI is InChI=1S/C24H26BrClN2O2/c25-20-16-18-8-12-28(13-9-23(29)19-6-2-3-7-21(19)26)22(18)17-24(20)30-15-14-27-10-4-1-5-11-27/h2-3,6-7,9,13,16-17H,1,4-5,8,10-12,14-15H2/b13-9+. The van der Waals surface area contributed by atoms with Crippen molar-refractivity contribution in [1.29, 1.82) is 0 Å². The zero-order valence-electron chi connectivity index (χ0n) is 16.9. The summed E-state index contributed by atoms with van der Waals surface area (Å²) in [7, 11) is 0. The summed E-state index contributed by atoms with van der Waals surface area (Å²) < 4.78 is 7.08. The lowest BCUT2D eigenvalue weighted by Crippen LogP contribution is -2.33. The van der Waals surface area contributed by atoms with Crippen LogP contribution in [0.25, 0.3) is 0 Å². The monoisotopic (exact) mass is 488 g/mol. The van der Waals surface area contributed by atoms with Gasteiger partial charge in [-0.05, 0) is 72.0 Å². The van der Waals surface area contributed by atoms with E-state index in [9.17, 15) is 4.79 Å². The molecule has 4 rings (SSSR count). The molecule has 2 aliphatic heterocycles. The number of anilines is 1. The third-order valence-electron chi connectivity index (χ3n) is 5.72. The van der Waals surface area contributed by atoms with E-state index in [1.165, 1.54) is 37.9 Å². The third-order valence-corrected chi connectivity index (χ3v) is 6.67. The predicted octanol–water partition coefficient (Wildman–Crippen LogP) is 5.73. The third kappa shape index (κ3) is 5.08. The second-order valence-electron chi connectivity index (χ2n) is 7.77. The second-order valence-corrected chi connectivity index (χ2v) is 9.03. The zero-order chi connectivity index (χ0) is 20.9. The number of ether oxygens (including phenoxy) is 1. The summed E-state index contributed by atoms with van der Waals surface area (Å²) in [4.78, 5) is 17.1. The van der Waals surface area contributed by atoms with Gasteiger partial charge in [-0.25, -0.2) is 0 Å². The van der Waals surface area contributed by atoms with Gasteiger partial charge in [0.1, 0.15) is 12.4 Å². The lowest BCUT2D eigenvalue weighted by atomic mass is 10.1. The molecule has 0 bridgehead atoms. The van der Waals surface area contributed by atoms with Gasteiger partial charge in [0.15, 0.2) is 5.78 Å². The minimum absolute atomic E-state index is 0.0934. The van der Waals surface area contributed by atoms with E-state index in [-0.39, 0.29) is 5.78 Å². The average molecular weight is 490 g/mol. The van der Waals surface area contributed by atoms with E-state index in [0.717, 1.165) is 35.4 Å². The predicted molar refractivity (Wildman–Crippen MR) is 126 cm³/mol. The molecule has 2 aromatic rings. The summed E-state index contributed by atoms with van der Waals surface area (Å²) in [6, 6.07) is 11.3. The highest BCUT2D eigenvalue weighted by molar-refractivity contribution is 9.10. The number of benzene rings is 2. The normalized spacial score (nSPS) is 16.8. The summed E-state index contributed by atoms with van der Waals surface area (Å²) in [5.74, 6) is 0.757. The molecule has 2 aliphatic rings. The summed E-state index contributed by atoms with van der Waals surface area (Å²) in [6.45, 7) is 4.82. The van der Waals surface area contributed by atoms with Crippen molar-refractivity contribution in [3.8, 4) is 5.75 Å². The second kappa shape index (κ2) is 9.99. The first-order chi connectivity index (χ1) is 14.6. The summed E-state index contributed by atoms with van der Waals surface area (Å²) in [5.41, 5.74) is 2.86. The van der Waals surface area contributed by atoms with E-state index in [2.05, 4.69) is 37.9 Å². The van der Waals surface area contributed by atoms with Gasteiger partial charge in [-0.1, -0.05) is 30.2 Å². The summed E-state index contributed by atoms with van der Waals surface area (Å²) in [6.07, 6.45) is 8.30. The van der Waals surface area contributed by atoms with Gasteiger partial charge in [0.05, 0.1) is 9.50 Å². The highest BCUT2D eigenvalue weighted by atomic mass is 79.9. The number of fused-ring (bicyclic) bond motifs is 1. The smallest absolute Gasteiger partial charge is 0.188 e. The quantitative estimate of drug-likeness (QED) is 0.367. The Labute approximate surface area is 191 Å². The number of carbonyl (C=O) groups is 1. The first-order valence-corrected chi connectivity index (χ1v) is 11.7. The van der Waals surface area contributed by atoms with Crippen LogP contribution in [-0.2, 0) is 6.42 Å². The van der Waals surface area contributed by atoms with Crippen LogP contribution in [0, 0.1) is 0 Å². The van der Waals surface area contributed by atoms with E-state index >= 15 is 0 Å². The van der Waals surface area contributed by atoms with Crippen LogP contribution in [0.2, 0.25) is 5.02 Å². The molecule has 0 aromatic heterocycles. The Hall–Kier alpha value is -1.82. The van der Waals surface area contributed by atoms with Crippen molar-refractivity contribution in [1.82, 2.24) is 4.90 Å². The van der Waals surface area contributed by atoms with Crippen LogP contribution in [-0.4, -0.2) is 43.5 Å². The number of likely N-dealkylation sites (tertiary alicyclic amines) is 1. The van der Waals surface area contributed by atoms with Crippen molar-refractivity contribution < 1.29 is 9.53 Å². The van der Waals surface area contributed by atoms with E-state index < -0.39 is 0 Å². The van der Waals surface area contributed by atoms with Gasteiger partial charge in [0.2, 0.25) is 0 Å². The fourth-order valence-electron chi connectivity index (χ4n) is 4.05. The minimum Gasteiger partial charge on any atom is -0.491 e. The van der Waals surface area contributed by atoms with Gasteiger partial charge >= 0.3 is 0 Å². The van der Waals surface area contributed by atoms with Gasteiger partial charge in [0, 0.05) is 42.7 Å². The molecule has 0 spiro atoms. The Morgan fingerprint density at radius 1 is 1.13 bits per heavy atom. The van der Waals surface area contributed by atoms with Crippen molar-refractivity contribution in [3.05, 3.63) is 69.3 Å². The number of carbonyl (C=O) groups excluding carboxylic acids is 1. The molecule has 30 heavy (non-hydrogen) atoms. The Morgan fingerprint density at radius 2 is 1.93 bits per heavy atom. The molecule has 0 unspecified atom stereocenters. The molecular weight excluding hydrogens is 464 g/mol. The van der Waals surface area contributed by atoms with E-state index in [1.54, 1.807) is 18.2 Å². The number of ketones is 1. The lowest BCUT2D eigenvalue weighted by molar-refractivity contribution is 0.104. The van der Waals surface area contributed by atoms with Gasteiger partial charge in [0.25, 0.3) is 0 Å². The molecule has 0 radical (unpaired) electrons. The molecule has 2 heterocycles. The van der Waals surface area contributed by atoms with Crippen molar-refractivity contribution in [3.63, 3.8) is 0 Å². The van der Waals surface area contributed by atoms with Gasteiger partial charge in [-0.2, -0.15) is 0 Å². The van der Waals surface area contributed by atoms with Crippen LogP contribution < -0.4 is 9.64 Å². The highest BCUT2D eigenvalue weighted by Crippen LogP contribution is 2.37. The summed E-state index contributed by atoms with van der Waals surface area (Å²) >= 11 is 9.80. The molecule has 0 atom stereocenters. The Kier molecular flexibility index (Phi) is 7.13. The molecule has 2 aromatic carbocycles. The maximum Gasteiger partial charge on any atom is 0.188 e. The van der Waals surface area contributed by atoms with Crippen LogP contribution in [0.1, 0.15) is 35.2 Å². The van der Waals surface area contributed by atoms with E-state index in [0.29, 0.717) is 17.2 Å². The van der Waals surface area contributed by atoms with E-state index in [1.807, 2.05) is 18.3 Å². The first kappa shape index (κ1) is 21.4. The fraction of sp³-hybridized carbons (Fsp3) is 0.375. The topological polar surface area (TPSA) is 32.8 Å². The number of halogens is 2. The molecule has 1 fully saturated rings. The molecule has 158 valence electrons. The van der Waals surface area contributed by atoms with Crippen LogP contribution >= 0.6 is 27.5 Å². The van der Waals surface area contributed by atoms with Crippen LogP contribution in [0.4, 0.5) is 5.69 Å². The van der Waals surface area contributed by atoms with Crippen LogP contribution in [0.15, 0.2) is 53.1 Å². The van der Waals surface area contributed by atoms with Crippen molar-refractivity contribution in [2.45, 2.75) is 25.7 Å². The Balaban J connectivity index is 1.42. The van der Waals surface area contributed by atoms with Gasteiger partial charge in [-0.15, -0.1) is 0 Å². The lowest BCUT2D eigenvalue weighted by Gasteiger charge is -2.26. The molecule has 0 N–H and O–H groups in total. The van der Waals surface area contributed by atoms with Crippen molar-refractivity contribution in [2.24, 2.45) is 0 Å². The van der Waals surface area contributed by atoms with Crippen molar-refractivity contribution in [2.75, 3.05) is 37.7 Å². The molecule has 4 nitrogen and oxygen atoms in total.